The summed E-state index contributed by atoms with van der Waals surface area (Å²) < 4.78 is 42.1. The fourth-order valence-electron chi connectivity index (χ4n) is 2.93. The number of pyridine rings is 1. The summed E-state index contributed by atoms with van der Waals surface area (Å²) in [6.07, 6.45) is -0.423. The molecule has 0 amide bonds. The van der Waals surface area contributed by atoms with Crippen LogP contribution in [0, 0.1) is 0 Å². The van der Waals surface area contributed by atoms with Gasteiger partial charge >= 0.3 is 6.18 Å². The van der Waals surface area contributed by atoms with E-state index < -0.39 is 17.8 Å². The molecule has 1 atom stereocenters. The maximum absolute atomic E-state index is 13.4. The summed E-state index contributed by atoms with van der Waals surface area (Å²) in [5.41, 5.74) is -1.02. The van der Waals surface area contributed by atoms with Crippen LogP contribution in [0.15, 0.2) is 53.7 Å². The zero-order valence-electron chi connectivity index (χ0n) is 14.9. The molecule has 0 aliphatic heterocycles. The van der Waals surface area contributed by atoms with Gasteiger partial charge in [-0.2, -0.15) is 23.0 Å². The van der Waals surface area contributed by atoms with Gasteiger partial charge in [-0.1, -0.05) is 22.0 Å². The van der Waals surface area contributed by atoms with Gasteiger partial charge in [0.2, 0.25) is 0 Å². The number of anilines is 1. The third-order valence-corrected chi connectivity index (χ3v) is 4.65. The Morgan fingerprint density at radius 3 is 2.62 bits per heavy atom. The van der Waals surface area contributed by atoms with Crippen molar-refractivity contribution in [2.75, 3.05) is 5.32 Å². The molecule has 4 rings (SSSR count). The molecule has 0 fully saturated rings. The van der Waals surface area contributed by atoms with Crippen molar-refractivity contribution in [3.05, 3.63) is 65.0 Å². The molecule has 1 aromatic carbocycles. The van der Waals surface area contributed by atoms with Crippen molar-refractivity contribution in [1.29, 1.82) is 0 Å². The second-order valence-corrected chi connectivity index (χ2v) is 7.07. The number of benzene rings is 1. The normalized spacial score (nSPS) is 12.9. The Labute approximate surface area is 171 Å². The van der Waals surface area contributed by atoms with Crippen molar-refractivity contribution in [3.8, 4) is 5.82 Å². The molecule has 0 aliphatic carbocycles. The molecular weight excluding hydrogens is 451 g/mol. The molecule has 4 aromatic rings. The highest BCUT2D eigenvalue weighted by Crippen LogP contribution is 2.38. The lowest BCUT2D eigenvalue weighted by Crippen LogP contribution is -2.16. The van der Waals surface area contributed by atoms with E-state index >= 15 is 0 Å². The number of fused-ring (bicyclic) bond motifs is 1. The molecule has 0 saturated heterocycles. The van der Waals surface area contributed by atoms with Crippen LogP contribution in [0.5, 0.6) is 0 Å². The van der Waals surface area contributed by atoms with E-state index in [2.05, 4.69) is 46.3 Å². The van der Waals surface area contributed by atoms with E-state index in [9.17, 15) is 13.2 Å². The van der Waals surface area contributed by atoms with Crippen LogP contribution in [-0.4, -0.2) is 29.7 Å². The molecule has 3 aromatic heterocycles. The van der Waals surface area contributed by atoms with Crippen LogP contribution in [0.4, 0.5) is 19.0 Å². The van der Waals surface area contributed by atoms with E-state index in [1.54, 1.807) is 36.0 Å². The van der Waals surface area contributed by atoms with E-state index in [0.29, 0.717) is 11.6 Å². The van der Waals surface area contributed by atoms with Crippen molar-refractivity contribution in [2.24, 2.45) is 0 Å². The topological polar surface area (TPSA) is 81.4 Å². The highest BCUT2D eigenvalue weighted by molar-refractivity contribution is 9.10. The summed E-state index contributed by atoms with van der Waals surface area (Å²) >= 11 is 3.14. The molecule has 0 saturated carbocycles. The van der Waals surface area contributed by atoms with Crippen LogP contribution < -0.4 is 5.32 Å². The van der Waals surface area contributed by atoms with E-state index in [1.807, 2.05) is 6.07 Å². The predicted molar refractivity (Wildman–Crippen MR) is 103 cm³/mol. The average molecular weight is 464 g/mol. The Morgan fingerprint density at radius 2 is 1.90 bits per heavy atom. The number of hydrogen-bond acceptors (Lipinski definition) is 6. The standard InChI is InChI=1S/C18H13BrF3N7/c1-10(17-26-9-27-29(17)14-4-2-3-5-23-14)28-16-12-6-11(19)7-13(18(20,21)22)15(12)24-8-25-16/h2-10H,1H3,(H,24,25,28). The van der Waals surface area contributed by atoms with Crippen LogP contribution in [0.25, 0.3) is 16.7 Å². The predicted octanol–water partition coefficient (Wildman–Crippen LogP) is 4.56. The van der Waals surface area contributed by atoms with Crippen molar-refractivity contribution < 1.29 is 13.2 Å². The van der Waals surface area contributed by atoms with Gasteiger partial charge in [0.1, 0.15) is 18.5 Å². The first kappa shape index (κ1) is 19.2. The molecule has 0 aliphatic rings. The molecule has 0 radical (unpaired) electrons. The minimum absolute atomic E-state index is 0.184. The number of rotatable bonds is 4. The quantitative estimate of drug-likeness (QED) is 0.477. The lowest BCUT2D eigenvalue weighted by atomic mass is 10.1. The number of aromatic nitrogens is 6. The SMILES string of the molecule is CC(Nc1ncnc2c(C(F)(F)F)cc(Br)cc12)c1ncnn1-c1ccccn1. The van der Waals surface area contributed by atoms with Crippen molar-refractivity contribution in [2.45, 2.75) is 19.1 Å². The summed E-state index contributed by atoms with van der Waals surface area (Å²) in [5.74, 6) is 1.36. The Morgan fingerprint density at radius 1 is 1.07 bits per heavy atom. The number of halogens is 4. The molecule has 1 N–H and O–H groups in total. The van der Waals surface area contributed by atoms with Gasteiger partial charge in [-0.15, -0.1) is 0 Å². The van der Waals surface area contributed by atoms with Gasteiger partial charge in [0.05, 0.1) is 17.1 Å². The second-order valence-electron chi connectivity index (χ2n) is 6.15. The van der Waals surface area contributed by atoms with Crippen molar-refractivity contribution >= 4 is 32.7 Å². The van der Waals surface area contributed by atoms with Gasteiger partial charge in [0.25, 0.3) is 0 Å². The molecule has 148 valence electrons. The molecular formula is C18H13BrF3N7. The fourth-order valence-corrected chi connectivity index (χ4v) is 3.39. The number of alkyl halides is 3. The first-order valence-corrected chi connectivity index (χ1v) is 9.23. The highest BCUT2D eigenvalue weighted by Gasteiger charge is 2.34. The smallest absolute Gasteiger partial charge is 0.360 e. The van der Waals surface area contributed by atoms with Crippen LogP contribution in [0.2, 0.25) is 0 Å². The summed E-state index contributed by atoms with van der Waals surface area (Å²) in [6.45, 7) is 1.81. The molecule has 29 heavy (non-hydrogen) atoms. The molecule has 0 spiro atoms. The summed E-state index contributed by atoms with van der Waals surface area (Å²) in [4.78, 5) is 16.5. The van der Waals surface area contributed by atoms with Crippen molar-refractivity contribution in [1.82, 2.24) is 29.7 Å². The molecule has 1 unspecified atom stereocenters. The monoisotopic (exact) mass is 463 g/mol. The van der Waals surface area contributed by atoms with Crippen molar-refractivity contribution in [3.63, 3.8) is 0 Å². The van der Waals surface area contributed by atoms with Crippen LogP contribution in [-0.2, 0) is 6.18 Å². The first-order valence-electron chi connectivity index (χ1n) is 8.44. The Bertz CT molecular complexity index is 1160. The lowest BCUT2D eigenvalue weighted by Gasteiger charge is -2.17. The maximum atomic E-state index is 13.4. The second kappa shape index (κ2) is 7.39. The van der Waals surface area contributed by atoms with Gasteiger partial charge in [-0.25, -0.2) is 19.9 Å². The van der Waals surface area contributed by atoms with Crippen LogP contribution >= 0.6 is 15.9 Å². The molecule has 11 heteroatoms. The number of hydrogen-bond donors (Lipinski definition) is 1. The van der Waals surface area contributed by atoms with E-state index in [-0.39, 0.29) is 21.2 Å². The third-order valence-electron chi connectivity index (χ3n) is 4.19. The minimum Gasteiger partial charge on any atom is -0.360 e. The summed E-state index contributed by atoms with van der Waals surface area (Å²) in [6, 6.07) is 7.50. The molecule has 3 heterocycles. The third kappa shape index (κ3) is 3.77. The van der Waals surface area contributed by atoms with Crippen LogP contribution in [0.3, 0.4) is 0 Å². The van der Waals surface area contributed by atoms with E-state index in [1.165, 1.54) is 6.33 Å². The zero-order valence-corrected chi connectivity index (χ0v) is 16.5. The largest absolute Gasteiger partial charge is 0.418 e. The average Bonchev–Trinajstić information content (AvgIpc) is 3.18. The number of nitrogens with one attached hydrogen (secondary N) is 1. The van der Waals surface area contributed by atoms with E-state index in [0.717, 1.165) is 12.4 Å². The lowest BCUT2D eigenvalue weighted by molar-refractivity contribution is -0.136. The Hall–Kier alpha value is -3.08. The first-order chi connectivity index (χ1) is 13.8. The maximum Gasteiger partial charge on any atom is 0.418 e. The number of nitrogens with zero attached hydrogens (tertiary/aromatic N) is 6. The molecule has 7 nitrogen and oxygen atoms in total. The Balaban J connectivity index is 1.75. The summed E-state index contributed by atoms with van der Waals surface area (Å²) in [7, 11) is 0. The molecule has 0 bridgehead atoms. The Kier molecular flexibility index (Phi) is 4.91. The zero-order chi connectivity index (χ0) is 20.6. The summed E-state index contributed by atoms with van der Waals surface area (Å²) in [5, 5.41) is 7.54. The van der Waals surface area contributed by atoms with E-state index in [4.69, 9.17) is 0 Å². The minimum atomic E-state index is -4.54. The van der Waals surface area contributed by atoms with Gasteiger partial charge in [-0.3, -0.25) is 0 Å². The highest BCUT2D eigenvalue weighted by atomic mass is 79.9. The fraction of sp³-hybridized carbons (Fsp3) is 0.167. The van der Waals surface area contributed by atoms with Gasteiger partial charge in [-0.05, 0) is 31.2 Å². The van der Waals surface area contributed by atoms with Gasteiger partial charge in [0.15, 0.2) is 11.6 Å². The van der Waals surface area contributed by atoms with Gasteiger partial charge in [0, 0.05) is 16.1 Å². The van der Waals surface area contributed by atoms with Gasteiger partial charge < -0.3 is 5.32 Å². The van der Waals surface area contributed by atoms with Crippen LogP contribution in [0.1, 0.15) is 24.4 Å².